The van der Waals surface area contributed by atoms with E-state index in [1.807, 2.05) is 58.0 Å². The minimum Gasteiger partial charge on any atom is -0.444 e. The van der Waals surface area contributed by atoms with E-state index in [4.69, 9.17) is 4.74 Å². The Balaban J connectivity index is 1.43. The molecule has 0 aliphatic heterocycles. The topological polar surface area (TPSA) is 126 Å². The predicted octanol–water partition coefficient (Wildman–Crippen LogP) is 6.19. The Hall–Kier alpha value is -3.88. The summed E-state index contributed by atoms with van der Waals surface area (Å²) in [5.74, 6) is -0.690. The fraction of sp³-hybridized carbons (Fsp3) is 0.543. The highest BCUT2D eigenvalue weighted by Gasteiger charge is 2.43. The molecule has 238 valence electrons. The average molecular weight is 605 g/mol. The van der Waals surface area contributed by atoms with Crippen molar-refractivity contribution in [3.05, 3.63) is 65.7 Å². The summed E-state index contributed by atoms with van der Waals surface area (Å²) in [6.07, 6.45) is 8.23. The average Bonchev–Trinajstić information content (AvgIpc) is 2.98. The number of hydrogen-bond donors (Lipinski definition) is 4. The fourth-order valence-corrected chi connectivity index (χ4v) is 6.12. The largest absolute Gasteiger partial charge is 0.444 e. The van der Waals surface area contributed by atoms with Crippen molar-refractivity contribution in [2.45, 2.75) is 115 Å². The van der Waals surface area contributed by atoms with Crippen LogP contribution >= 0.6 is 0 Å². The Morgan fingerprint density at radius 3 is 2.09 bits per heavy atom. The van der Waals surface area contributed by atoms with Crippen LogP contribution in [-0.2, 0) is 19.9 Å². The molecule has 0 bridgehead atoms. The number of ether oxygens (including phenoxy) is 1. The second-order valence-corrected chi connectivity index (χ2v) is 13.2. The van der Waals surface area contributed by atoms with Gasteiger partial charge in [-0.15, -0.1) is 0 Å². The SMILES string of the molecule is CCC[C@H](NC(=O)c1ccccc1)C(=O)Nc1ccc(C2(NC(=O)[C@H](NC(=O)OC(C)(C)C)C3CCCCC3)CCC2)cc1. The molecule has 0 heterocycles. The van der Waals surface area contributed by atoms with Gasteiger partial charge < -0.3 is 26.0 Å². The lowest BCUT2D eigenvalue weighted by Gasteiger charge is -2.44. The van der Waals surface area contributed by atoms with E-state index in [1.165, 1.54) is 0 Å². The van der Waals surface area contributed by atoms with E-state index in [-0.39, 0.29) is 23.6 Å². The Morgan fingerprint density at radius 1 is 0.864 bits per heavy atom. The molecule has 2 aliphatic rings. The van der Waals surface area contributed by atoms with E-state index in [9.17, 15) is 19.2 Å². The monoisotopic (exact) mass is 604 g/mol. The summed E-state index contributed by atoms with van der Waals surface area (Å²) >= 11 is 0. The molecule has 0 aromatic heterocycles. The van der Waals surface area contributed by atoms with Crippen molar-refractivity contribution < 1.29 is 23.9 Å². The van der Waals surface area contributed by atoms with E-state index < -0.39 is 29.3 Å². The van der Waals surface area contributed by atoms with Crippen LogP contribution in [-0.4, -0.2) is 41.5 Å². The van der Waals surface area contributed by atoms with Crippen LogP contribution in [0.25, 0.3) is 0 Å². The lowest BCUT2D eigenvalue weighted by Crippen LogP contribution is -2.59. The number of anilines is 1. The maximum absolute atomic E-state index is 13.8. The first-order valence-electron chi connectivity index (χ1n) is 16.1. The van der Waals surface area contributed by atoms with Crippen LogP contribution in [0.2, 0.25) is 0 Å². The summed E-state index contributed by atoms with van der Waals surface area (Å²) in [7, 11) is 0. The van der Waals surface area contributed by atoms with Gasteiger partial charge in [0.1, 0.15) is 17.7 Å². The van der Waals surface area contributed by atoms with E-state index >= 15 is 0 Å². The summed E-state index contributed by atoms with van der Waals surface area (Å²) in [5.41, 5.74) is 0.883. The minimum absolute atomic E-state index is 0.0597. The van der Waals surface area contributed by atoms with Gasteiger partial charge >= 0.3 is 6.09 Å². The number of alkyl carbamates (subject to hydrolysis) is 1. The van der Waals surface area contributed by atoms with Crippen LogP contribution in [0.5, 0.6) is 0 Å². The highest BCUT2D eigenvalue weighted by Crippen LogP contribution is 2.42. The molecule has 0 spiro atoms. The van der Waals surface area contributed by atoms with Gasteiger partial charge in [0, 0.05) is 11.3 Å². The van der Waals surface area contributed by atoms with Gasteiger partial charge in [-0.2, -0.15) is 0 Å². The third-order valence-electron chi connectivity index (χ3n) is 8.59. The Bertz CT molecular complexity index is 1280. The maximum atomic E-state index is 13.8. The van der Waals surface area contributed by atoms with E-state index in [2.05, 4.69) is 21.3 Å². The van der Waals surface area contributed by atoms with E-state index in [0.29, 0.717) is 17.7 Å². The Morgan fingerprint density at radius 2 is 1.52 bits per heavy atom. The molecule has 4 rings (SSSR count). The van der Waals surface area contributed by atoms with Gasteiger partial charge in [-0.05, 0) is 95.0 Å². The van der Waals surface area contributed by atoms with Crippen molar-refractivity contribution >= 4 is 29.5 Å². The molecule has 4 amide bonds. The third-order valence-corrected chi connectivity index (χ3v) is 8.59. The number of carbonyl (C=O) groups excluding carboxylic acids is 4. The maximum Gasteiger partial charge on any atom is 0.408 e. The summed E-state index contributed by atoms with van der Waals surface area (Å²) in [4.78, 5) is 52.3. The van der Waals surface area contributed by atoms with Crippen molar-refractivity contribution in [2.24, 2.45) is 5.92 Å². The second-order valence-electron chi connectivity index (χ2n) is 13.2. The molecular weight excluding hydrogens is 556 g/mol. The number of benzene rings is 2. The van der Waals surface area contributed by atoms with E-state index in [0.717, 1.165) is 63.4 Å². The molecule has 2 fully saturated rings. The first-order chi connectivity index (χ1) is 21.0. The molecule has 4 N–H and O–H groups in total. The van der Waals surface area contributed by atoms with Gasteiger partial charge in [0.15, 0.2) is 0 Å². The highest BCUT2D eigenvalue weighted by atomic mass is 16.6. The summed E-state index contributed by atoms with van der Waals surface area (Å²) in [5, 5.41) is 12.0. The Labute approximate surface area is 261 Å². The van der Waals surface area contributed by atoms with Gasteiger partial charge in [0.05, 0.1) is 5.54 Å². The molecular formula is C35H48N4O5. The smallest absolute Gasteiger partial charge is 0.408 e. The zero-order valence-electron chi connectivity index (χ0n) is 26.5. The van der Waals surface area contributed by atoms with Crippen molar-refractivity contribution in [3.8, 4) is 0 Å². The second kappa shape index (κ2) is 14.7. The van der Waals surface area contributed by atoms with Crippen molar-refractivity contribution in [3.63, 3.8) is 0 Å². The van der Waals surface area contributed by atoms with Crippen LogP contribution in [0.1, 0.15) is 108 Å². The first-order valence-corrected chi connectivity index (χ1v) is 16.1. The zero-order chi connectivity index (χ0) is 31.7. The molecule has 2 aromatic carbocycles. The van der Waals surface area contributed by atoms with Gasteiger partial charge in [-0.3, -0.25) is 14.4 Å². The number of amides is 4. The minimum atomic E-state index is -0.668. The molecule has 0 unspecified atom stereocenters. The number of nitrogens with one attached hydrogen (secondary N) is 4. The van der Waals surface area contributed by atoms with Crippen LogP contribution in [0.4, 0.5) is 10.5 Å². The number of hydrogen-bond acceptors (Lipinski definition) is 5. The molecule has 2 aliphatic carbocycles. The van der Waals surface area contributed by atoms with Crippen LogP contribution in [0.3, 0.4) is 0 Å². The first kappa shape index (κ1) is 33.0. The lowest BCUT2D eigenvalue weighted by molar-refractivity contribution is -0.128. The molecule has 9 nitrogen and oxygen atoms in total. The summed E-state index contributed by atoms with van der Waals surface area (Å²) in [6.45, 7) is 7.39. The lowest BCUT2D eigenvalue weighted by atomic mass is 9.71. The zero-order valence-corrected chi connectivity index (χ0v) is 26.5. The van der Waals surface area contributed by atoms with Crippen LogP contribution in [0.15, 0.2) is 54.6 Å². The quantitative estimate of drug-likeness (QED) is 0.243. The van der Waals surface area contributed by atoms with Crippen LogP contribution < -0.4 is 21.3 Å². The summed E-state index contributed by atoms with van der Waals surface area (Å²) in [6, 6.07) is 15.1. The van der Waals surface area contributed by atoms with E-state index in [1.54, 1.807) is 24.3 Å². The van der Waals surface area contributed by atoms with Crippen molar-refractivity contribution in [2.75, 3.05) is 5.32 Å². The fourth-order valence-electron chi connectivity index (χ4n) is 6.12. The van der Waals surface area contributed by atoms with Crippen LogP contribution in [0, 0.1) is 5.92 Å². The molecule has 2 aromatic rings. The predicted molar refractivity (Wildman–Crippen MR) is 171 cm³/mol. The Kier molecular flexibility index (Phi) is 11.1. The van der Waals surface area contributed by atoms with Gasteiger partial charge in [0.25, 0.3) is 5.91 Å². The van der Waals surface area contributed by atoms with Gasteiger partial charge in [0.2, 0.25) is 11.8 Å². The molecule has 9 heteroatoms. The van der Waals surface area contributed by atoms with Gasteiger partial charge in [-0.25, -0.2) is 4.79 Å². The number of carbonyl (C=O) groups is 4. The van der Waals surface area contributed by atoms with Crippen molar-refractivity contribution in [1.29, 1.82) is 0 Å². The van der Waals surface area contributed by atoms with Gasteiger partial charge in [-0.1, -0.05) is 62.9 Å². The molecule has 0 saturated heterocycles. The summed E-state index contributed by atoms with van der Waals surface area (Å²) < 4.78 is 5.50. The normalized spacial score (nSPS) is 17.7. The van der Waals surface area contributed by atoms with Crippen molar-refractivity contribution in [1.82, 2.24) is 16.0 Å². The number of rotatable bonds is 11. The standard InChI is InChI=1S/C35H48N4O5/c1-5-13-28(37-30(40)25-16-10-7-11-17-25)31(41)36-27-20-18-26(19-21-27)35(22-12-23-35)39-32(42)29(24-14-8-6-9-15-24)38-33(43)44-34(2,3)4/h7,10-11,16-21,24,28-29H,5-6,8-9,12-15,22-23H2,1-4H3,(H,36,41)(H,37,40)(H,38,43)(H,39,42)/t28-,29+/m0/s1. The molecule has 0 radical (unpaired) electrons. The highest BCUT2D eigenvalue weighted by molar-refractivity contribution is 6.01. The third kappa shape index (κ3) is 8.83. The molecule has 2 saturated carbocycles. The molecule has 2 atom stereocenters. The molecule has 44 heavy (non-hydrogen) atoms.